The lowest BCUT2D eigenvalue weighted by Gasteiger charge is -2.26. The van der Waals surface area contributed by atoms with Gasteiger partial charge in [0.15, 0.2) is 0 Å². The fraction of sp³-hybridized carbons (Fsp3) is 0.435. The molecule has 0 radical (unpaired) electrons. The van der Waals surface area contributed by atoms with Gasteiger partial charge in [0.25, 0.3) is 0 Å². The van der Waals surface area contributed by atoms with Crippen LogP contribution in [0.2, 0.25) is 0 Å². The molecule has 0 saturated heterocycles. The highest BCUT2D eigenvalue weighted by Crippen LogP contribution is 2.38. The molecule has 0 unspecified atom stereocenters. The highest BCUT2D eigenvalue weighted by Gasteiger charge is 2.31. The number of amides is 2. The van der Waals surface area contributed by atoms with Crippen LogP contribution in [0.5, 0.6) is 0 Å². The molecule has 1 aromatic heterocycles. The number of carbonyl (C=O) groups is 3. The lowest BCUT2D eigenvalue weighted by atomic mass is 10.0. The largest absolute Gasteiger partial charge is 0.465 e. The van der Waals surface area contributed by atoms with Crippen LogP contribution in [0.3, 0.4) is 0 Å². The minimum atomic E-state index is -0.475. The molecule has 0 spiro atoms. The van der Waals surface area contributed by atoms with E-state index in [0.29, 0.717) is 43.1 Å². The number of aryl methyl sites for hydroxylation is 1. The van der Waals surface area contributed by atoms with Crippen molar-refractivity contribution in [2.75, 3.05) is 31.3 Å². The minimum Gasteiger partial charge on any atom is -0.465 e. The first-order valence-corrected chi connectivity index (χ1v) is 12.4. The van der Waals surface area contributed by atoms with Crippen molar-refractivity contribution in [2.45, 2.75) is 44.6 Å². The van der Waals surface area contributed by atoms with Crippen molar-refractivity contribution in [2.24, 2.45) is 0 Å². The second kappa shape index (κ2) is 11.4. The van der Waals surface area contributed by atoms with Crippen molar-refractivity contribution in [3.05, 3.63) is 45.8 Å². The molecule has 1 aliphatic rings. The summed E-state index contributed by atoms with van der Waals surface area (Å²) in [4.78, 5) is 40.7. The third-order valence-corrected chi connectivity index (χ3v) is 7.29. The van der Waals surface area contributed by atoms with E-state index in [1.54, 1.807) is 23.6 Å². The summed E-state index contributed by atoms with van der Waals surface area (Å²) < 4.78 is 10.0. The zero-order chi connectivity index (χ0) is 23.1. The van der Waals surface area contributed by atoms with E-state index in [0.717, 1.165) is 22.6 Å². The Morgan fingerprint density at radius 2 is 1.97 bits per heavy atom. The van der Waals surface area contributed by atoms with Crippen molar-refractivity contribution in [1.29, 1.82) is 0 Å². The third-order valence-electron chi connectivity index (χ3n) is 5.06. The number of nitrogens with one attached hydrogen (secondary N) is 1. The molecule has 0 aliphatic carbocycles. The fourth-order valence-corrected chi connectivity index (χ4v) is 5.55. The first-order valence-electron chi connectivity index (χ1n) is 10.6. The molecule has 1 aliphatic heterocycles. The van der Waals surface area contributed by atoms with Crippen molar-refractivity contribution in [3.63, 3.8) is 0 Å². The normalized spacial score (nSPS) is 12.8. The molecule has 1 N–H and O–H groups in total. The number of carbonyl (C=O) groups excluding carboxylic acids is 3. The highest BCUT2D eigenvalue weighted by molar-refractivity contribution is 7.99. The van der Waals surface area contributed by atoms with E-state index in [-0.39, 0.29) is 12.0 Å². The van der Waals surface area contributed by atoms with Gasteiger partial charge < -0.3 is 19.7 Å². The van der Waals surface area contributed by atoms with Gasteiger partial charge in [-0.1, -0.05) is 17.7 Å². The van der Waals surface area contributed by atoms with E-state index in [2.05, 4.69) is 36.5 Å². The van der Waals surface area contributed by atoms with Crippen molar-refractivity contribution in [3.8, 4) is 0 Å². The summed E-state index contributed by atoms with van der Waals surface area (Å²) in [6.45, 7) is 4.93. The molecule has 3 rings (SSSR count). The summed E-state index contributed by atoms with van der Waals surface area (Å²) in [7, 11) is 1.33. The quantitative estimate of drug-likeness (QED) is 0.332. The molecular formula is C23H28N2O5S2. The van der Waals surface area contributed by atoms with Gasteiger partial charge >= 0.3 is 12.1 Å². The highest BCUT2D eigenvalue weighted by atomic mass is 32.2. The van der Waals surface area contributed by atoms with Crippen LogP contribution in [-0.2, 0) is 27.2 Å². The fourth-order valence-electron chi connectivity index (χ4n) is 3.43. The number of thioether (sulfide) groups is 1. The summed E-state index contributed by atoms with van der Waals surface area (Å²) in [5, 5.41) is 3.38. The van der Waals surface area contributed by atoms with Crippen LogP contribution in [0.1, 0.15) is 46.1 Å². The van der Waals surface area contributed by atoms with Gasteiger partial charge in [0, 0.05) is 22.7 Å². The Labute approximate surface area is 196 Å². The monoisotopic (exact) mass is 476 g/mol. The predicted octanol–water partition coefficient (Wildman–Crippen LogP) is 4.87. The summed E-state index contributed by atoms with van der Waals surface area (Å²) >= 11 is 3.04. The molecule has 9 heteroatoms. The molecule has 0 atom stereocenters. The second-order valence-electron chi connectivity index (χ2n) is 7.38. The van der Waals surface area contributed by atoms with E-state index in [9.17, 15) is 14.4 Å². The van der Waals surface area contributed by atoms with Gasteiger partial charge in [-0.05, 0) is 50.1 Å². The summed E-state index contributed by atoms with van der Waals surface area (Å²) in [6.07, 6.45) is 1.22. The molecular weight excluding hydrogens is 448 g/mol. The van der Waals surface area contributed by atoms with Crippen LogP contribution in [0.4, 0.5) is 9.80 Å². The minimum absolute atomic E-state index is 0.138. The van der Waals surface area contributed by atoms with Gasteiger partial charge in [-0.3, -0.25) is 4.79 Å². The van der Waals surface area contributed by atoms with Gasteiger partial charge in [-0.25, -0.2) is 9.59 Å². The predicted molar refractivity (Wildman–Crippen MR) is 127 cm³/mol. The number of fused-ring (bicyclic) bond motifs is 1. The van der Waals surface area contributed by atoms with Crippen LogP contribution >= 0.6 is 23.1 Å². The number of esters is 1. The van der Waals surface area contributed by atoms with Crippen LogP contribution in [0.15, 0.2) is 29.2 Å². The van der Waals surface area contributed by atoms with Crippen LogP contribution in [-0.4, -0.2) is 48.9 Å². The third kappa shape index (κ3) is 6.04. The number of benzene rings is 1. The average molecular weight is 477 g/mol. The van der Waals surface area contributed by atoms with Gasteiger partial charge in [0.05, 0.1) is 25.8 Å². The molecule has 2 aromatic rings. The second-order valence-corrected chi connectivity index (χ2v) is 9.66. The SMILES string of the molecule is CCOC(=O)N1CCc2c(sc(NC(=O)CCCSc3ccc(C)cc3)c2C(=O)OC)C1. The van der Waals surface area contributed by atoms with Crippen LogP contribution < -0.4 is 5.32 Å². The van der Waals surface area contributed by atoms with Crippen molar-refractivity contribution < 1.29 is 23.9 Å². The average Bonchev–Trinajstić information content (AvgIpc) is 3.14. The van der Waals surface area contributed by atoms with Crippen LogP contribution in [0.25, 0.3) is 0 Å². The van der Waals surface area contributed by atoms with Gasteiger partial charge in [0.1, 0.15) is 5.00 Å². The first kappa shape index (κ1) is 24.1. The number of ether oxygens (including phenoxy) is 2. The number of nitrogens with zero attached hydrogens (tertiary/aromatic N) is 1. The maximum Gasteiger partial charge on any atom is 0.410 e. The molecule has 2 heterocycles. The Hall–Kier alpha value is -2.52. The summed E-state index contributed by atoms with van der Waals surface area (Å²) in [6, 6.07) is 8.31. The number of hydrogen-bond acceptors (Lipinski definition) is 7. The Morgan fingerprint density at radius 3 is 2.66 bits per heavy atom. The number of methoxy groups -OCH3 is 1. The Bertz CT molecular complexity index is 972. The molecule has 0 saturated carbocycles. The Kier molecular flexibility index (Phi) is 8.58. The molecule has 172 valence electrons. The summed E-state index contributed by atoms with van der Waals surface area (Å²) in [5.41, 5.74) is 2.46. The molecule has 2 amide bonds. The Morgan fingerprint density at radius 1 is 1.22 bits per heavy atom. The van der Waals surface area contributed by atoms with E-state index in [1.165, 1.54) is 28.9 Å². The standard InChI is InChI=1S/C23H28N2O5S2/c1-4-30-23(28)25-12-11-17-18(14-25)32-21(20(17)22(27)29-3)24-19(26)6-5-13-31-16-9-7-15(2)8-10-16/h7-10H,4-6,11-14H2,1-3H3,(H,24,26). The van der Waals surface area contributed by atoms with E-state index in [4.69, 9.17) is 9.47 Å². The lowest BCUT2D eigenvalue weighted by molar-refractivity contribution is -0.116. The topological polar surface area (TPSA) is 84.9 Å². The van der Waals surface area contributed by atoms with E-state index < -0.39 is 5.97 Å². The van der Waals surface area contributed by atoms with Crippen LogP contribution in [0, 0.1) is 6.92 Å². The van der Waals surface area contributed by atoms with Crippen molar-refractivity contribution in [1.82, 2.24) is 4.90 Å². The maximum absolute atomic E-state index is 12.6. The number of anilines is 1. The molecule has 7 nitrogen and oxygen atoms in total. The summed E-state index contributed by atoms with van der Waals surface area (Å²) in [5.74, 6) is 0.216. The number of hydrogen-bond donors (Lipinski definition) is 1. The molecule has 0 bridgehead atoms. The molecule has 32 heavy (non-hydrogen) atoms. The number of rotatable bonds is 8. The van der Waals surface area contributed by atoms with Gasteiger partial charge in [-0.15, -0.1) is 23.1 Å². The van der Waals surface area contributed by atoms with Gasteiger partial charge in [-0.2, -0.15) is 0 Å². The Balaban J connectivity index is 1.61. The van der Waals surface area contributed by atoms with E-state index in [1.807, 2.05) is 0 Å². The number of thiophene rings is 1. The molecule has 0 fully saturated rings. The zero-order valence-corrected chi connectivity index (χ0v) is 20.2. The van der Waals surface area contributed by atoms with E-state index >= 15 is 0 Å². The smallest absolute Gasteiger partial charge is 0.410 e. The lowest BCUT2D eigenvalue weighted by Crippen LogP contribution is -2.36. The maximum atomic E-state index is 12.6. The first-order chi connectivity index (χ1) is 15.4. The zero-order valence-electron chi connectivity index (χ0n) is 18.6. The molecule has 1 aromatic carbocycles. The van der Waals surface area contributed by atoms with Gasteiger partial charge in [0.2, 0.25) is 5.91 Å². The van der Waals surface area contributed by atoms with Crippen molar-refractivity contribution >= 4 is 46.1 Å².